The molecule has 1 N–H and O–H groups in total. The lowest BCUT2D eigenvalue weighted by atomic mass is 10.0. The van der Waals surface area contributed by atoms with E-state index in [0.29, 0.717) is 18.3 Å². The lowest BCUT2D eigenvalue weighted by Gasteiger charge is -2.35. The zero-order valence-electron chi connectivity index (χ0n) is 17.3. The molecule has 0 bridgehead atoms. The van der Waals surface area contributed by atoms with Gasteiger partial charge >= 0.3 is 0 Å². The average Bonchev–Trinajstić information content (AvgIpc) is 3.22. The van der Waals surface area contributed by atoms with Crippen molar-refractivity contribution in [3.05, 3.63) is 83.1 Å². The molecular weight excluding hydrogens is 391 g/mol. The van der Waals surface area contributed by atoms with E-state index in [2.05, 4.69) is 45.5 Å². The molecule has 1 atom stereocenters. The lowest BCUT2D eigenvalue weighted by molar-refractivity contribution is 0.170. The largest absolute Gasteiger partial charge is 0.420 e. The van der Waals surface area contributed by atoms with Crippen molar-refractivity contribution in [1.82, 2.24) is 9.88 Å². The molecule has 0 radical (unpaired) electrons. The number of nitrogens with one attached hydrogen (secondary N) is 1. The topological polar surface area (TPSA) is 65.1 Å². The number of piperidine rings is 1. The Labute approximate surface area is 181 Å². The number of likely N-dealkylation sites (tertiary alicyclic amines) is 1. The van der Waals surface area contributed by atoms with Crippen molar-refractivity contribution in [2.45, 2.75) is 25.3 Å². The molecular formula is C25H25FN4O. The lowest BCUT2D eigenvalue weighted by Crippen LogP contribution is -2.37. The minimum absolute atomic E-state index is 0.191. The minimum Gasteiger partial charge on any atom is -0.420 e. The molecule has 3 aromatic rings. The van der Waals surface area contributed by atoms with Crippen molar-refractivity contribution in [2.24, 2.45) is 0 Å². The minimum atomic E-state index is -0.284. The van der Waals surface area contributed by atoms with E-state index in [1.165, 1.54) is 37.0 Å². The summed E-state index contributed by atoms with van der Waals surface area (Å²) >= 11 is 0. The molecule has 1 unspecified atom stereocenters. The maximum absolute atomic E-state index is 13.1. The monoisotopic (exact) mass is 416 g/mol. The Morgan fingerprint density at radius 1 is 1.06 bits per heavy atom. The normalized spacial score (nSPS) is 15.6. The van der Waals surface area contributed by atoms with Gasteiger partial charge < -0.3 is 9.73 Å². The highest BCUT2D eigenvalue weighted by Gasteiger charge is 2.23. The number of anilines is 1. The Hall–Kier alpha value is -3.43. The first kappa shape index (κ1) is 20.8. The number of oxazole rings is 1. The van der Waals surface area contributed by atoms with Crippen molar-refractivity contribution in [3.63, 3.8) is 0 Å². The SMILES string of the molecule is N#Cc1nc(C=Cc2ccc(F)cc2)oc1NCC(c1ccccc1)N1CCCCC1. The first-order valence-corrected chi connectivity index (χ1v) is 10.6. The summed E-state index contributed by atoms with van der Waals surface area (Å²) in [6.45, 7) is 2.75. The molecule has 2 heterocycles. The first-order valence-electron chi connectivity index (χ1n) is 10.6. The quantitative estimate of drug-likeness (QED) is 0.551. The fourth-order valence-electron chi connectivity index (χ4n) is 3.90. The van der Waals surface area contributed by atoms with E-state index in [-0.39, 0.29) is 17.6 Å². The van der Waals surface area contributed by atoms with Crippen LogP contribution >= 0.6 is 0 Å². The van der Waals surface area contributed by atoms with Gasteiger partial charge in [0, 0.05) is 12.6 Å². The van der Waals surface area contributed by atoms with Gasteiger partial charge in [0.25, 0.3) is 0 Å². The summed E-state index contributed by atoms with van der Waals surface area (Å²) in [6, 6.07) is 18.8. The highest BCUT2D eigenvalue weighted by Crippen LogP contribution is 2.26. The second-order valence-electron chi connectivity index (χ2n) is 7.63. The maximum atomic E-state index is 13.1. The second kappa shape index (κ2) is 10.1. The fourth-order valence-corrected chi connectivity index (χ4v) is 3.90. The first-order chi connectivity index (χ1) is 15.2. The Morgan fingerprint density at radius 2 is 1.81 bits per heavy atom. The van der Waals surface area contributed by atoms with Gasteiger partial charge in [-0.2, -0.15) is 10.2 Å². The Kier molecular flexibility index (Phi) is 6.75. The van der Waals surface area contributed by atoms with E-state index in [1.54, 1.807) is 24.3 Å². The van der Waals surface area contributed by atoms with Crippen LogP contribution in [0.25, 0.3) is 12.2 Å². The molecule has 158 valence electrons. The number of hydrogen-bond acceptors (Lipinski definition) is 5. The number of hydrogen-bond donors (Lipinski definition) is 1. The summed E-state index contributed by atoms with van der Waals surface area (Å²) in [5.41, 5.74) is 2.29. The van der Waals surface area contributed by atoms with Gasteiger partial charge in [0.2, 0.25) is 17.5 Å². The van der Waals surface area contributed by atoms with E-state index < -0.39 is 0 Å². The van der Waals surface area contributed by atoms with E-state index in [9.17, 15) is 9.65 Å². The van der Waals surface area contributed by atoms with Gasteiger partial charge in [-0.25, -0.2) is 4.39 Å². The zero-order chi connectivity index (χ0) is 21.5. The van der Waals surface area contributed by atoms with E-state index in [1.807, 2.05) is 6.07 Å². The van der Waals surface area contributed by atoms with Gasteiger partial charge in [-0.3, -0.25) is 4.90 Å². The van der Waals surface area contributed by atoms with Crippen LogP contribution in [-0.4, -0.2) is 29.5 Å². The summed E-state index contributed by atoms with van der Waals surface area (Å²) in [7, 11) is 0. The molecule has 4 rings (SSSR count). The van der Waals surface area contributed by atoms with Gasteiger partial charge in [0.05, 0.1) is 6.04 Å². The molecule has 6 heteroatoms. The average molecular weight is 417 g/mol. The third-order valence-electron chi connectivity index (χ3n) is 5.51. The number of rotatable bonds is 7. The van der Waals surface area contributed by atoms with Crippen LogP contribution in [0.5, 0.6) is 0 Å². The van der Waals surface area contributed by atoms with Crippen molar-refractivity contribution in [1.29, 1.82) is 5.26 Å². The van der Waals surface area contributed by atoms with Crippen molar-refractivity contribution < 1.29 is 8.81 Å². The number of nitriles is 1. The highest BCUT2D eigenvalue weighted by atomic mass is 19.1. The van der Waals surface area contributed by atoms with Crippen LogP contribution in [0.3, 0.4) is 0 Å². The molecule has 2 aromatic carbocycles. The molecule has 0 spiro atoms. The number of halogens is 1. The Morgan fingerprint density at radius 3 is 2.52 bits per heavy atom. The maximum Gasteiger partial charge on any atom is 0.232 e. The fraction of sp³-hybridized carbons (Fsp3) is 0.280. The molecule has 1 fully saturated rings. The third-order valence-corrected chi connectivity index (χ3v) is 5.51. The van der Waals surface area contributed by atoms with Gasteiger partial charge in [-0.1, -0.05) is 48.9 Å². The Bertz CT molecular complexity index is 1050. The standard InChI is InChI=1S/C25H25FN4O/c26-21-12-9-19(10-13-21)11-14-24-29-22(17-27)25(31-24)28-18-23(20-7-3-1-4-8-20)30-15-5-2-6-16-30/h1,3-4,7-14,23,28H,2,5-6,15-16,18H2. The molecule has 0 amide bonds. The molecule has 1 aliphatic rings. The summed E-state index contributed by atoms with van der Waals surface area (Å²) in [6.07, 6.45) is 7.13. The van der Waals surface area contributed by atoms with Crippen LogP contribution in [0.4, 0.5) is 10.3 Å². The van der Waals surface area contributed by atoms with Crippen LogP contribution < -0.4 is 5.32 Å². The van der Waals surface area contributed by atoms with Crippen LogP contribution in [0, 0.1) is 17.1 Å². The van der Waals surface area contributed by atoms with E-state index >= 15 is 0 Å². The van der Waals surface area contributed by atoms with Gasteiger partial charge in [0.1, 0.15) is 11.9 Å². The second-order valence-corrected chi connectivity index (χ2v) is 7.63. The molecule has 0 aliphatic carbocycles. The molecule has 1 aromatic heterocycles. The predicted molar refractivity (Wildman–Crippen MR) is 120 cm³/mol. The van der Waals surface area contributed by atoms with E-state index in [4.69, 9.17) is 4.42 Å². The molecule has 5 nitrogen and oxygen atoms in total. The number of aromatic nitrogens is 1. The smallest absolute Gasteiger partial charge is 0.232 e. The molecule has 0 saturated carbocycles. The summed E-state index contributed by atoms with van der Waals surface area (Å²) in [4.78, 5) is 6.75. The van der Waals surface area contributed by atoms with Gasteiger partial charge in [-0.15, -0.1) is 0 Å². The number of benzene rings is 2. The van der Waals surface area contributed by atoms with Crippen molar-refractivity contribution in [3.8, 4) is 6.07 Å². The van der Waals surface area contributed by atoms with Crippen LogP contribution in [-0.2, 0) is 0 Å². The van der Waals surface area contributed by atoms with Crippen LogP contribution in [0.15, 0.2) is 59.0 Å². The van der Waals surface area contributed by atoms with Crippen LogP contribution in [0.2, 0.25) is 0 Å². The van der Waals surface area contributed by atoms with E-state index in [0.717, 1.165) is 18.7 Å². The summed E-state index contributed by atoms with van der Waals surface area (Å²) in [5, 5.41) is 12.8. The third kappa shape index (κ3) is 5.39. The highest BCUT2D eigenvalue weighted by molar-refractivity contribution is 5.67. The van der Waals surface area contributed by atoms with Crippen molar-refractivity contribution >= 4 is 18.0 Å². The molecule has 31 heavy (non-hydrogen) atoms. The zero-order valence-corrected chi connectivity index (χ0v) is 17.3. The summed E-state index contributed by atoms with van der Waals surface area (Å²) < 4.78 is 18.9. The molecule has 1 saturated heterocycles. The van der Waals surface area contributed by atoms with Crippen molar-refractivity contribution in [2.75, 3.05) is 25.0 Å². The van der Waals surface area contributed by atoms with Gasteiger partial charge in [-0.05, 0) is 55.3 Å². The summed E-state index contributed by atoms with van der Waals surface area (Å²) in [5.74, 6) is 0.421. The Balaban J connectivity index is 1.49. The van der Waals surface area contributed by atoms with Gasteiger partial charge in [0.15, 0.2) is 0 Å². The number of nitrogens with zero attached hydrogens (tertiary/aromatic N) is 3. The molecule has 1 aliphatic heterocycles. The van der Waals surface area contributed by atoms with Crippen LogP contribution in [0.1, 0.15) is 48.0 Å². The predicted octanol–water partition coefficient (Wildman–Crippen LogP) is 5.49.